The Labute approximate surface area is 115 Å². The SMILES string of the molecule is COCCN1C(=O)C=C(Nc2cccc(Cl)c2)C1=O. The van der Waals surface area contributed by atoms with Gasteiger partial charge in [-0.15, -0.1) is 0 Å². The van der Waals surface area contributed by atoms with Crippen molar-refractivity contribution in [2.45, 2.75) is 0 Å². The van der Waals surface area contributed by atoms with E-state index in [0.29, 0.717) is 17.3 Å². The Kier molecular flexibility index (Phi) is 4.19. The number of hydrogen-bond acceptors (Lipinski definition) is 4. The van der Waals surface area contributed by atoms with Gasteiger partial charge in [0, 0.05) is 23.9 Å². The van der Waals surface area contributed by atoms with Crippen LogP contribution >= 0.6 is 11.6 Å². The van der Waals surface area contributed by atoms with Gasteiger partial charge in [0.1, 0.15) is 5.70 Å². The van der Waals surface area contributed by atoms with E-state index in [4.69, 9.17) is 16.3 Å². The molecular formula is C13H13ClN2O3. The molecule has 0 aliphatic carbocycles. The van der Waals surface area contributed by atoms with E-state index in [1.54, 1.807) is 24.3 Å². The lowest BCUT2D eigenvalue weighted by Crippen LogP contribution is -2.34. The first-order chi connectivity index (χ1) is 9.11. The van der Waals surface area contributed by atoms with Gasteiger partial charge in [-0.05, 0) is 18.2 Å². The number of hydrogen-bond donors (Lipinski definition) is 1. The van der Waals surface area contributed by atoms with E-state index in [0.717, 1.165) is 4.90 Å². The highest BCUT2D eigenvalue weighted by atomic mass is 35.5. The van der Waals surface area contributed by atoms with Crippen LogP contribution in [0, 0.1) is 0 Å². The molecular weight excluding hydrogens is 268 g/mol. The summed E-state index contributed by atoms with van der Waals surface area (Å²) in [4.78, 5) is 24.8. The summed E-state index contributed by atoms with van der Waals surface area (Å²) in [7, 11) is 1.52. The third kappa shape index (κ3) is 3.13. The van der Waals surface area contributed by atoms with Crippen molar-refractivity contribution in [2.24, 2.45) is 0 Å². The van der Waals surface area contributed by atoms with Crippen LogP contribution < -0.4 is 5.32 Å². The van der Waals surface area contributed by atoms with Crippen molar-refractivity contribution in [3.8, 4) is 0 Å². The minimum Gasteiger partial charge on any atom is -0.383 e. The van der Waals surface area contributed by atoms with Crippen LogP contribution in [0.15, 0.2) is 36.0 Å². The van der Waals surface area contributed by atoms with E-state index < -0.39 is 0 Å². The molecule has 0 unspecified atom stereocenters. The first-order valence-corrected chi connectivity index (χ1v) is 6.08. The molecule has 1 aliphatic rings. The third-order valence-corrected chi connectivity index (χ3v) is 2.87. The van der Waals surface area contributed by atoms with Crippen LogP contribution in [-0.4, -0.2) is 37.0 Å². The molecule has 0 spiro atoms. The molecule has 0 fully saturated rings. The van der Waals surface area contributed by atoms with Crippen LogP contribution in [0.2, 0.25) is 5.02 Å². The predicted octanol–water partition coefficient (Wildman–Crippen LogP) is 1.65. The van der Waals surface area contributed by atoms with Crippen molar-refractivity contribution in [1.82, 2.24) is 4.90 Å². The molecule has 1 aromatic carbocycles. The molecule has 0 atom stereocenters. The molecule has 6 heteroatoms. The number of nitrogens with zero attached hydrogens (tertiary/aromatic N) is 1. The first-order valence-electron chi connectivity index (χ1n) is 5.71. The van der Waals surface area contributed by atoms with Crippen LogP contribution in [0.3, 0.4) is 0 Å². The normalized spacial score (nSPS) is 14.8. The smallest absolute Gasteiger partial charge is 0.277 e. The van der Waals surface area contributed by atoms with Gasteiger partial charge < -0.3 is 10.1 Å². The summed E-state index contributed by atoms with van der Waals surface area (Å²) in [6, 6.07) is 6.93. The monoisotopic (exact) mass is 280 g/mol. The molecule has 5 nitrogen and oxygen atoms in total. The van der Waals surface area contributed by atoms with Gasteiger partial charge in [-0.2, -0.15) is 0 Å². The Morgan fingerprint density at radius 3 is 2.84 bits per heavy atom. The highest BCUT2D eigenvalue weighted by molar-refractivity contribution is 6.30. The van der Waals surface area contributed by atoms with E-state index in [9.17, 15) is 9.59 Å². The number of halogens is 1. The third-order valence-electron chi connectivity index (χ3n) is 2.63. The fourth-order valence-corrected chi connectivity index (χ4v) is 1.90. The second-order valence-corrected chi connectivity index (χ2v) is 4.42. The van der Waals surface area contributed by atoms with E-state index in [1.807, 2.05) is 0 Å². The maximum absolute atomic E-state index is 12.0. The second kappa shape index (κ2) is 5.86. The Morgan fingerprint density at radius 1 is 1.37 bits per heavy atom. The Morgan fingerprint density at radius 2 is 2.16 bits per heavy atom. The summed E-state index contributed by atoms with van der Waals surface area (Å²) < 4.78 is 4.86. The van der Waals surface area contributed by atoms with E-state index in [1.165, 1.54) is 13.2 Å². The van der Waals surface area contributed by atoms with Crippen LogP contribution in [-0.2, 0) is 14.3 Å². The molecule has 2 amide bonds. The van der Waals surface area contributed by atoms with Gasteiger partial charge in [-0.25, -0.2) is 0 Å². The lowest BCUT2D eigenvalue weighted by Gasteiger charge is -2.14. The molecule has 1 heterocycles. The maximum atomic E-state index is 12.0. The lowest BCUT2D eigenvalue weighted by atomic mass is 10.3. The van der Waals surface area contributed by atoms with Crippen LogP contribution in [0.4, 0.5) is 5.69 Å². The maximum Gasteiger partial charge on any atom is 0.277 e. The minimum absolute atomic E-state index is 0.239. The second-order valence-electron chi connectivity index (χ2n) is 3.98. The molecule has 1 aliphatic heterocycles. The van der Waals surface area contributed by atoms with Gasteiger partial charge in [0.25, 0.3) is 11.8 Å². The van der Waals surface area contributed by atoms with Gasteiger partial charge in [0.2, 0.25) is 0 Å². The highest BCUT2D eigenvalue weighted by Gasteiger charge is 2.30. The van der Waals surface area contributed by atoms with Crippen molar-refractivity contribution in [1.29, 1.82) is 0 Å². The first kappa shape index (κ1) is 13.6. The van der Waals surface area contributed by atoms with Gasteiger partial charge >= 0.3 is 0 Å². The summed E-state index contributed by atoms with van der Waals surface area (Å²) in [5, 5.41) is 3.45. The van der Waals surface area contributed by atoms with Crippen molar-refractivity contribution in [2.75, 3.05) is 25.6 Å². The predicted molar refractivity (Wildman–Crippen MR) is 71.8 cm³/mol. The summed E-state index contributed by atoms with van der Waals surface area (Å²) in [6.45, 7) is 0.557. The van der Waals surface area contributed by atoms with Crippen molar-refractivity contribution in [3.05, 3.63) is 41.1 Å². The zero-order valence-corrected chi connectivity index (χ0v) is 11.1. The van der Waals surface area contributed by atoms with E-state index in [2.05, 4.69) is 5.32 Å². The van der Waals surface area contributed by atoms with Crippen LogP contribution in [0.5, 0.6) is 0 Å². The van der Waals surface area contributed by atoms with E-state index in [-0.39, 0.29) is 24.1 Å². The van der Waals surface area contributed by atoms with Gasteiger partial charge in [-0.3, -0.25) is 14.5 Å². The largest absolute Gasteiger partial charge is 0.383 e. The quantitative estimate of drug-likeness (QED) is 0.833. The van der Waals surface area contributed by atoms with Gasteiger partial charge in [0.05, 0.1) is 13.2 Å². The molecule has 1 N–H and O–H groups in total. The summed E-state index contributed by atoms with van der Waals surface area (Å²) in [5.74, 6) is -0.700. The summed E-state index contributed by atoms with van der Waals surface area (Å²) in [6.07, 6.45) is 1.28. The summed E-state index contributed by atoms with van der Waals surface area (Å²) in [5.41, 5.74) is 0.900. The average molecular weight is 281 g/mol. The number of carbonyl (C=O) groups is 2. The highest BCUT2D eigenvalue weighted by Crippen LogP contribution is 2.19. The molecule has 2 rings (SSSR count). The minimum atomic E-state index is -0.359. The molecule has 0 aromatic heterocycles. The summed E-state index contributed by atoms with van der Waals surface area (Å²) >= 11 is 5.85. The van der Waals surface area contributed by atoms with E-state index >= 15 is 0 Å². The number of nitrogens with one attached hydrogen (secondary N) is 1. The number of anilines is 1. The zero-order valence-electron chi connectivity index (χ0n) is 10.4. The number of imide groups is 1. The number of carbonyl (C=O) groups excluding carboxylic acids is 2. The topological polar surface area (TPSA) is 58.6 Å². The molecule has 0 radical (unpaired) electrons. The number of methoxy groups -OCH3 is 1. The number of rotatable bonds is 5. The molecule has 0 saturated carbocycles. The Balaban J connectivity index is 2.08. The molecule has 100 valence electrons. The van der Waals surface area contributed by atoms with Gasteiger partial charge in [-0.1, -0.05) is 17.7 Å². The van der Waals surface area contributed by atoms with Gasteiger partial charge in [0.15, 0.2) is 0 Å². The van der Waals surface area contributed by atoms with Crippen molar-refractivity contribution < 1.29 is 14.3 Å². The molecule has 0 saturated heterocycles. The number of amides is 2. The molecule has 1 aromatic rings. The van der Waals surface area contributed by atoms with Crippen LogP contribution in [0.1, 0.15) is 0 Å². The molecule has 19 heavy (non-hydrogen) atoms. The zero-order chi connectivity index (χ0) is 13.8. The number of benzene rings is 1. The molecule has 0 bridgehead atoms. The average Bonchev–Trinajstić information content (AvgIpc) is 2.62. The fraction of sp³-hybridized carbons (Fsp3) is 0.231. The Hall–Kier alpha value is -1.85. The van der Waals surface area contributed by atoms with Crippen molar-refractivity contribution >= 4 is 29.1 Å². The van der Waals surface area contributed by atoms with Crippen LogP contribution in [0.25, 0.3) is 0 Å². The Bertz CT molecular complexity index is 542. The standard InChI is InChI=1S/C13H13ClN2O3/c1-19-6-5-16-12(17)8-11(13(16)18)15-10-4-2-3-9(14)7-10/h2-4,7-8,15H,5-6H2,1H3. The lowest BCUT2D eigenvalue weighted by molar-refractivity contribution is -0.137. The van der Waals surface area contributed by atoms with Crippen molar-refractivity contribution in [3.63, 3.8) is 0 Å². The number of ether oxygens (including phenoxy) is 1. The fourth-order valence-electron chi connectivity index (χ4n) is 1.71.